The number of hydrogen-bond donors (Lipinski definition) is 0. The topological polar surface area (TPSA) is 75.6 Å². The van der Waals surface area contributed by atoms with E-state index in [4.69, 9.17) is 23.0 Å². The van der Waals surface area contributed by atoms with Gasteiger partial charge < -0.3 is 9.47 Å². The molecule has 7 nitrogen and oxygen atoms in total. The van der Waals surface area contributed by atoms with E-state index >= 15 is 0 Å². The largest absolute Gasteiger partial charge is 0.493 e. The molecule has 1 aliphatic rings. The molecule has 240 valence electrons. The van der Waals surface area contributed by atoms with Crippen LogP contribution in [-0.4, -0.2) is 42.5 Å². The molecule has 2 aromatic carbocycles. The minimum Gasteiger partial charge on any atom is -0.493 e. The molecule has 0 saturated heterocycles. The van der Waals surface area contributed by atoms with E-state index in [1.807, 2.05) is 0 Å². The van der Waals surface area contributed by atoms with Crippen molar-refractivity contribution in [3.05, 3.63) is 65.0 Å². The van der Waals surface area contributed by atoms with Crippen LogP contribution in [0.4, 0.5) is 17.6 Å². The van der Waals surface area contributed by atoms with E-state index in [0.717, 1.165) is 11.6 Å². The molecule has 3 rings (SSSR count). The normalized spacial score (nSPS) is 18.0. The summed E-state index contributed by atoms with van der Waals surface area (Å²) in [4.78, 5) is 4.57. The van der Waals surface area contributed by atoms with Crippen molar-refractivity contribution in [1.29, 1.82) is 0 Å². The van der Waals surface area contributed by atoms with Gasteiger partial charge in [0.25, 0.3) is 0 Å². The number of halogens is 4. The van der Waals surface area contributed by atoms with E-state index in [-0.39, 0.29) is 44.2 Å². The Hall–Kier alpha value is -2.46. The molecule has 0 saturated carbocycles. The first kappa shape index (κ1) is 35.0. The molecular formula is C31H42F4NO6P. The van der Waals surface area contributed by atoms with Gasteiger partial charge in [0.15, 0.2) is 5.90 Å². The van der Waals surface area contributed by atoms with Crippen LogP contribution >= 0.6 is 7.82 Å². The Balaban J connectivity index is 1.71. The quantitative estimate of drug-likeness (QED) is 0.125. The lowest BCUT2D eigenvalue weighted by Gasteiger charge is -2.33. The molecule has 2 aromatic rings. The number of nitrogens with zero attached hydrogens (tertiary/aromatic N) is 1. The van der Waals surface area contributed by atoms with E-state index in [1.54, 1.807) is 66.7 Å². The molecule has 1 heterocycles. The number of phosphoric acid groups is 1. The zero-order chi connectivity index (χ0) is 32.1. The highest BCUT2D eigenvalue weighted by Crippen LogP contribution is 2.56. The third-order valence-electron chi connectivity index (χ3n) is 6.22. The number of hydrogen-bond acceptors (Lipinski definition) is 7. The molecule has 0 aliphatic carbocycles. The van der Waals surface area contributed by atoms with Crippen molar-refractivity contribution in [2.75, 3.05) is 19.8 Å². The van der Waals surface area contributed by atoms with Crippen LogP contribution in [0.15, 0.2) is 47.5 Å². The van der Waals surface area contributed by atoms with Gasteiger partial charge in [-0.15, -0.1) is 0 Å². The molecule has 1 aliphatic heterocycles. The van der Waals surface area contributed by atoms with Crippen LogP contribution in [-0.2, 0) is 41.9 Å². The minimum atomic E-state index is -4.63. The van der Waals surface area contributed by atoms with E-state index in [0.29, 0.717) is 24.3 Å². The Bertz CT molecular complexity index is 1280. The maximum absolute atomic E-state index is 14.0. The third kappa shape index (κ3) is 11.5. The van der Waals surface area contributed by atoms with Crippen LogP contribution in [0.1, 0.15) is 78.0 Å². The lowest BCUT2D eigenvalue weighted by atomic mass is 9.93. The lowest BCUT2D eigenvalue weighted by Crippen LogP contribution is -2.36. The minimum absolute atomic E-state index is 0.0684. The van der Waals surface area contributed by atoms with Crippen LogP contribution in [0, 0.1) is 5.82 Å². The first-order valence-electron chi connectivity index (χ1n) is 14.2. The summed E-state index contributed by atoms with van der Waals surface area (Å²) in [5, 5.41) is 0. The molecule has 0 aromatic heterocycles. The summed E-state index contributed by atoms with van der Waals surface area (Å²) in [6.07, 6.45) is -3.16. The predicted molar refractivity (Wildman–Crippen MR) is 157 cm³/mol. The average Bonchev–Trinajstić information content (AvgIpc) is 3.24. The third-order valence-corrected chi connectivity index (χ3v) is 8.20. The smallest absolute Gasteiger partial charge is 0.475 e. The van der Waals surface area contributed by atoms with Crippen LogP contribution in [0.5, 0.6) is 5.75 Å². The summed E-state index contributed by atoms with van der Waals surface area (Å²) in [6.45, 7) is 12.0. The van der Waals surface area contributed by atoms with E-state index in [1.165, 1.54) is 18.2 Å². The Morgan fingerprint density at radius 2 is 1.53 bits per heavy atom. The van der Waals surface area contributed by atoms with Crippen molar-refractivity contribution in [3.63, 3.8) is 0 Å². The van der Waals surface area contributed by atoms with Gasteiger partial charge in [0.05, 0.1) is 30.0 Å². The van der Waals surface area contributed by atoms with Gasteiger partial charge in [-0.25, -0.2) is 13.9 Å². The fourth-order valence-corrected chi connectivity index (χ4v) is 6.30. The van der Waals surface area contributed by atoms with Gasteiger partial charge >= 0.3 is 14.0 Å². The monoisotopic (exact) mass is 631 g/mol. The fraction of sp³-hybridized carbons (Fsp3) is 0.581. The zero-order valence-electron chi connectivity index (χ0n) is 25.8. The van der Waals surface area contributed by atoms with Crippen molar-refractivity contribution >= 4 is 13.7 Å². The highest BCUT2D eigenvalue weighted by molar-refractivity contribution is 7.48. The van der Waals surface area contributed by atoms with Gasteiger partial charge in [-0.3, -0.25) is 13.6 Å². The SMILES string of the molecule is CC1=NC(CCc2ccc(OCCCc3ccc(F)cc3)c(C(F)(F)F)c2)(COP(=O)(OC(C)(C)C)OC(C)(C)C)CO1. The van der Waals surface area contributed by atoms with Crippen LogP contribution in [0.25, 0.3) is 0 Å². The van der Waals surface area contributed by atoms with Crippen molar-refractivity contribution in [2.45, 2.75) is 97.1 Å². The van der Waals surface area contributed by atoms with Crippen molar-refractivity contribution in [3.8, 4) is 5.75 Å². The zero-order valence-corrected chi connectivity index (χ0v) is 26.7. The van der Waals surface area contributed by atoms with Crippen LogP contribution in [0.3, 0.4) is 0 Å². The summed E-state index contributed by atoms with van der Waals surface area (Å²) in [6, 6.07) is 9.94. The first-order chi connectivity index (χ1) is 19.8. The standard InChI is InChI=1S/C31H42F4NO6P/c1-22-36-30(20-39-22,21-40-43(37,41-28(2,3)4)42-29(5,6)7)17-16-24-12-15-27(26(19-24)31(33,34)35)38-18-8-9-23-10-13-25(32)14-11-23/h10-15,19H,8-9,16-18,20-21H2,1-7H3. The van der Waals surface area contributed by atoms with Gasteiger partial charge in [-0.05, 0) is 103 Å². The van der Waals surface area contributed by atoms with Crippen LogP contribution in [0.2, 0.25) is 0 Å². The highest BCUT2D eigenvalue weighted by atomic mass is 31.2. The molecule has 0 bridgehead atoms. The van der Waals surface area contributed by atoms with E-state index < -0.39 is 36.3 Å². The molecule has 0 fully saturated rings. The van der Waals surface area contributed by atoms with Gasteiger partial charge in [-0.2, -0.15) is 13.2 Å². The Morgan fingerprint density at radius 3 is 2.07 bits per heavy atom. The molecule has 43 heavy (non-hydrogen) atoms. The second-order valence-corrected chi connectivity index (χ2v) is 14.2. The predicted octanol–water partition coefficient (Wildman–Crippen LogP) is 8.73. The molecule has 0 N–H and O–H groups in total. The highest BCUT2D eigenvalue weighted by Gasteiger charge is 2.43. The molecular weight excluding hydrogens is 589 g/mol. The lowest BCUT2D eigenvalue weighted by molar-refractivity contribution is -0.139. The second-order valence-electron chi connectivity index (χ2n) is 12.7. The fourth-order valence-electron chi connectivity index (χ4n) is 4.42. The summed E-state index contributed by atoms with van der Waals surface area (Å²) in [7, 11) is -4.05. The van der Waals surface area contributed by atoms with Crippen molar-refractivity contribution in [1.82, 2.24) is 0 Å². The molecule has 0 radical (unpaired) electrons. The number of rotatable bonds is 13. The molecule has 1 atom stereocenters. The number of phosphoric ester groups is 1. The Labute approximate surface area is 251 Å². The van der Waals surface area contributed by atoms with Crippen molar-refractivity contribution < 1.29 is 45.2 Å². The van der Waals surface area contributed by atoms with Gasteiger partial charge in [0.1, 0.15) is 23.7 Å². The van der Waals surface area contributed by atoms with Gasteiger partial charge in [-0.1, -0.05) is 18.2 Å². The summed E-state index contributed by atoms with van der Waals surface area (Å²) >= 11 is 0. The maximum atomic E-state index is 14.0. The summed E-state index contributed by atoms with van der Waals surface area (Å²) in [5.74, 6) is -0.210. The summed E-state index contributed by atoms with van der Waals surface area (Å²) in [5.41, 5.74) is -2.26. The Morgan fingerprint density at radius 1 is 0.930 bits per heavy atom. The number of benzene rings is 2. The number of aliphatic imine (C=N–C) groups is 1. The molecule has 1 unspecified atom stereocenters. The van der Waals surface area contributed by atoms with Gasteiger partial charge in [0.2, 0.25) is 0 Å². The number of alkyl halides is 3. The summed E-state index contributed by atoms with van der Waals surface area (Å²) < 4.78 is 97.0. The van der Waals surface area contributed by atoms with Gasteiger partial charge in [0, 0.05) is 6.92 Å². The molecule has 0 amide bonds. The Kier molecular flexibility index (Phi) is 11.1. The molecule has 0 spiro atoms. The molecule has 12 heteroatoms. The van der Waals surface area contributed by atoms with Crippen molar-refractivity contribution in [2.24, 2.45) is 4.99 Å². The second kappa shape index (κ2) is 13.7. The van der Waals surface area contributed by atoms with E-state index in [9.17, 15) is 22.1 Å². The number of aryl methyl sites for hydroxylation is 2. The van der Waals surface area contributed by atoms with E-state index in [2.05, 4.69) is 4.99 Å². The average molecular weight is 632 g/mol. The first-order valence-corrected chi connectivity index (χ1v) is 15.7. The number of ether oxygens (including phenoxy) is 2. The van der Waals surface area contributed by atoms with Crippen LogP contribution < -0.4 is 4.74 Å². The maximum Gasteiger partial charge on any atom is 0.475 e.